The van der Waals surface area contributed by atoms with E-state index in [0.717, 1.165) is 16.1 Å². The van der Waals surface area contributed by atoms with Crippen LogP contribution in [-0.2, 0) is 11.3 Å². The van der Waals surface area contributed by atoms with E-state index in [1.54, 1.807) is 16.2 Å². The Bertz CT molecular complexity index is 808. The van der Waals surface area contributed by atoms with Crippen molar-refractivity contribution in [2.24, 2.45) is 0 Å². The Morgan fingerprint density at radius 1 is 0.960 bits per heavy atom. The first-order valence-corrected chi connectivity index (χ1v) is 9.09. The monoisotopic (exact) mass is 351 g/mol. The van der Waals surface area contributed by atoms with Gasteiger partial charge in [0.25, 0.3) is 5.91 Å². The number of ether oxygens (including phenoxy) is 1. The highest BCUT2D eigenvalue weighted by atomic mass is 32.1. The maximum Gasteiger partial charge on any atom is 0.265 e. The maximum absolute atomic E-state index is 12.8. The molecule has 0 atom stereocenters. The van der Waals surface area contributed by atoms with Crippen molar-refractivity contribution < 1.29 is 9.53 Å². The molecule has 0 bridgehead atoms. The molecule has 3 rings (SSSR count). The van der Waals surface area contributed by atoms with Gasteiger partial charge < -0.3 is 9.64 Å². The van der Waals surface area contributed by atoms with Gasteiger partial charge in [-0.05, 0) is 49.6 Å². The summed E-state index contributed by atoms with van der Waals surface area (Å²) in [6.45, 7) is 4.63. The predicted molar refractivity (Wildman–Crippen MR) is 103 cm³/mol. The van der Waals surface area contributed by atoms with E-state index in [1.807, 2.05) is 79.9 Å². The number of rotatable bonds is 6. The van der Waals surface area contributed by atoms with Gasteiger partial charge in [-0.25, -0.2) is 0 Å². The summed E-state index contributed by atoms with van der Waals surface area (Å²) >= 11 is 1.65. The number of carbonyl (C=O) groups excluding carboxylic acids is 1. The summed E-state index contributed by atoms with van der Waals surface area (Å²) in [6, 6.07) is 19.8. The summed E-state index contributed by atoms with van der Waals surface area (Å²) in [5, 5.41) is 2.02. The second kappa shape index (κ2) is 7.99. The number of amides is 1. The summed E-state index contributed by atoms with van der Waals surface area (Å²) in [5.41, 5.74) is 3.22. The molecule has 0 aliphatic carbocycles. The fraction of sp³-hybridized carbons (Fsp3) is 0.190. The molecule has 4 heteroatoms. The fourth-order valence-corrected chi connectivity index (χ4v) is 3.16. The molecule has 0 aliphatic heterocycles. The number of thiophene rings is 1. The van der Waals surface area contributed by atoms with E-state index in [0.29, 0.717) is 12.3 Å². The highest BCUT2D eigenvalue weighted by molar-refractivity contribution is 7.09. The number of anilines is 1. The summed E-state index contributed by atoms with van der Waals surface area (Å²) in [7, 11) is 0. The zero-order chi connectivity index (χ0) is 17.6. The Labute approximate surface area is 152 Å². The van der Waals surface area contributed by atoms with Gasteiger partial charge >= 0.3 is 0 Å². The summed E-state index contributed by atoms with van der Waals surface area (Å²) in [5.74, 6) is 0.650. The molecular weight excluding hydrogens is 330 g/mol. The van der Waals surface area contributed by atoms with Crippen molar-refractivity contribution >= 4 is 22.9 Å². The van der Waals surface area contributed by atoms with Crippen LogP contribution in [0.1, 0.15) is 16.0 Å². The van der Waals surface area contributed by atoms with Gasteiger partial charge in [0.2, 0.25) is 0 Å². The van der Waals surface area contributed by atoms with Crippen LogP contribution in [0.25, 0.3) is 0 Å². The van der Waals surface area contributed by atoms with E-state index < -0.39 is 0 Å². The molecule has 0 aliphatic rings. The smallest absolute Gasteiger partial charge is 0.265 e. The Balaban J connectivity index is 1.74. The molecule has 3 nitrogen and oxygen atoms in total. The van der Waals surface area contributed by atoms with Crippen molar-refractivity contribution in [3.8, 4) is 5.75 Å². The number of aryl methyl sites for hydroxylation is 2. The molecule has 0 fully saturated rings. The Kier molecular flexibility index (Phi) is 5.51. The molecule has 0 spiro atoms. The van der Waals surface area contributed by atoms with Gasteiger partial charge in [0.1, 0.15) is 5.75 Å². The second-order valence-electron chi connectivity index (χ2n) is 6.00. The molecule has 0 saturated heterocycles. The van der Waals surface area contributed by atoms with Crippen LogP contribution >= 0.6 is 11.3 Å². The predicted octanol–water partition coefficient (Wildman–Crippen LogP) is 4.98. The SMILES string of the molecule is Cc1ccc(OCC(=O)N(Cc2cccs2)c2ccc(C)cc2)cc1. The molecule has 0 radical (unpaired) electrons. The topological polar surface area (TPSA) is 29.5 Å². The van der Waals surface area contributed by atoms with Crippen molar-refractivity contribution in [2.75, 3.05) is 11.5 Å². The van der Waals surface area contributed by atoms with E-state index in [1.165, 1.54) is 5.56 Å². The average Bonchev–Trinajstić information content (AvgIpc) is 3.13. The van der Waals surface area contributed by atoms with Gasteiger partial charge in [-0.1, -0.05) is 41.5 Å². The number of hydrogen-bond acceptors (Lipinski definition) is 3. The summed E-state index contributed by atoms with van der Waals surface area (Å²) in [4.78, 5) is 15.7. The Morgan fingerprint density at radius 2 is 1.60 bits per heavy atom. The van der Waals surface area contributed by atoms with Gasteiger partial charge in [-0.3, -0.25) is 4.79 Å². The van der Waals surface area contributed by atoms with Crippen molar-refractivity contribution in [3.05, 3.63) is 82.0 Å². The number of hydrogen-bond donors (Lipinski definition) is 0. The molecule has 2 aromatic carbocycles. The quantitative estimate of drug-likeness (QED) is 0.627. The fourth-order valence-electron chi connectivity index (χ4n) is 2.46. The third kappa shape index (κ3) is 4.70. The minimum Gasteiger partial charge on any atom is -0.484 e. The van der Waals surface area contributed by atoms with Crippen LogP contribution in [0, 0.1) is 13.8 Å². The van der Waals surface area contributed by atoms with Crippen molar-refractivity contribution in [3.63, 3.8) is 0 Å². The normalized spacial score (nSPS) is 10.5. The molecule has 128 valence electrons. The molecule has 0 unspecified atom stereocenters. The lowest BCUT2D eigenvalue weighted by Gasteiger charge is -2.22. The van der Waals surface area contributed by atoms with Gasteiger partial charge in [0, 0.05) is 10.6 Å². The lowest BCUT2D eigenvalue weighted by molar-refractivity contribution is -0.120. The van der Waals surface area contributed by atoms with E-state index in [2.05, 4.69) is 0 Å². The van der Waals surface area contributed by atoms with Crippen LogP contribution in [-0.4, -0.2) is 12.5 Å². The van der Waals surface area contributed by atoms with Crippen LogP contribution in [0.5, 0.6) is 5.75 Å². The van der Waals surface area contributed by atoms with Crippen LogP contribution in [0.3, 0.4) is 0 Å². The van der Waals surface area contributed by atoms with E-state index >= 15 is 0 Å². The first-order valence-electron chi connectivity index (χ1n) is 8.21. The molecule has 3 aromatic rings. The minimum absolute atomic E-state index is 0.0162. The Hall–Kier alpha value is -2.59. The molecule has 0 saturated carbocycles. The molecule has 0 N–H and O–H groups in total. The molecule has 25 heavy (non-hydrogen) atoms. The average molecular weight is 351 g/mol. The molecular formula is C21H21NO2S. The molecule has 1 aromatic heterocycles. The van der Waals surface area contributed by atoms with Crippen molar-refractivity contribution in [2.45, 2.75) is 20.4 Å². The summed E-state index contributed by atoms with van der Waals surface area (Å²) < 4.78 is 5.68. The standard InChI is InChI=1S/C21H21NO2S/c1-16-5-9-18(10-6-16)22(14-20-4-3-13-25-20)21(23)15-24-19-11-7-17(2)8-12-19/h3-13H,14-15H2,1-2H3. The van der Waals surface area contributed by atoms with Crippen LogP contribution in [0.2, 0.25) is 0 Å². The molecule has 1 heterocycles. The van der Waals surface area contributed by atoms with Crippen LogP contribution in [0.4, 0.5) is 5.69 Å². The first-order chi connectivity index (χ1) is 12.1. The molecule has 1 amide bonds. The van der Waals surface area contributed by atoms with Crippen molar-refractivity contribution in [1.29, 1.82) is 0 Å². The van der Waals surface area contributed by atoms with E-state index in [4.69, 9.17) is 4.74 Å². The number of nitrogens with zero attached hydrogens (tertiary/aromatic N) is 1. The van der Waals surface area contributed by atoms with Crippen LogP contribution in [0.15, 0.2) is 66.0 Å². The highest BCUT2D eigenvalue weighted by Crippen LogP contribution is 2.21. The Morgan fingerprint density at radius 3 is 2.20 bits per heavy atom. The zero-order valence-electron chi connectivity index (χ0n) is 14.4. The number of benzene rings is 2. The third-order valence-corrected chi connectivity index (χ3v) is 4.79. The maximum atomic E-state index is 12.8. The largest absolute Gasteiger partial charge is 0.484 e. The van der Waals surface area contributed by atoms with E-state index in [-0.39, 0.29) is 12.5 Å². The third-order valence-electron chi connectivity index (χ3n) is 3.92. The van der Waals surface area contributed by atoms with Gasteiger partial charge in [0.05, 0.1) is 6.54 Å². The number of carbonyl (C=O) groups is 1. The van der Waals surface area contributed by atoms with Gasteiger partial charge in [-0.15, -0.1) is 11.3 Å². The van der Waals surface area contributed by atoms with Gasteiger partial charge in [-0.2, -0.15) is 0 Å². The highest BCUT2D eigenvalue weighted by Gasteiger charge is 2.17. The lowest BCUT2D eigenvalue weighted by Crippen LogP contribution is -2.34. The summed E-state index contributed by atoms with van der Waals surface area (Å²) in [6.07, 6.45) is 0. The first kappa shape index (κ1) is 17.2. The second-order valence-corrected chi connectivity index (χ2v) is 7.03. The van der Waals surface area contributed by atoms with Crippen LogP contribution < -0.4 is 9.64 Å². The zero-order valence-corrected chi connectivity index (χ0v) is 15.3. The van der Waals surface area contributed by atoms with Gasteiger partial charge in [0.15, 0.2) is 6.61 Å². The lowest BCUT2D eigenvalue weighted by atomic mass is 10.2. The van der Waals surface area contributed by atoms with E-state index in [9.17, 15) is 4.79 Å². The minimum atomic E-state index is -0.0576. The van der Waals surface area contributed by atoms with Crippen molar-refractivity contribution in [1.82, 2.24) is 0 Å².